The molecule has 1 aromatic carbocycles. The van der Waals surface area contributed by atoms with Crippen LogP contribution >= 0.6 is 0 Å². The van der Waals surface area contributed by atoms with Gasteiger partial charge in [-0.15, -0.1) is 0 Å². The molecule has 1 atom stereocenters. The average molecular weight is 398 g/mol. The molecule has 0 radical (unpaired) electrons. The summed E-state index contributed by atoms with van der Waals surface area (Å²) in [5.74, 6) is -1.67. The van der Waals surface area contributed by atoms with Crippen molar-refractivity contribution < 1.29 is 28.4 Å². The summed E-state index contributed by atoms with van der Waals surface area (Å²) in [7, 11) is 1.19. The number of nitrogens with zero attached hydrogens (tertiary/aromatic N) is 3. The Kier molecular flexibility index (Phi) is 5.50. The molecular formula is C19H18N4O6. The topological polar surface area (TPSA) is 137 Å². The highest BCUT2D eigenvalue weighted by Crippen LogP contribution is 2.41. The third kappa shape index (κ3) is 3.75. The molecule has 10 nitrogen and oxygen atoms in total. The van der Waals surface area contributed by atoms with Crippen LogP contribution in [0.3, 0.4) is 0 Å². The van der Waals surface area contributed by atoms with E-state index in [2.05, 4.69) is 15.6 Å². The lowest BCUT2D eigenvalue weighted by molar-refractivity contribution is -0.136. The van der Waals surface area contributed by atoms with Crippen LogP contribution in [-0.2, 0) is 19.0 Å². The largest absolute Gasteiger partial charge is 0.513 e. The molecule has 1 aliphatic rings. The molecular weight excluding hydrogens is 380 g/mol. The van der Waals surface area contributed by atoms with Crippen LogP contribution in [0.15, 0.2) is 45.6 Å². The van der Waals surface area contributed by atoms with Crippen molar-refractivity contribution in [3.05, 3.63) is 46.5 Å². The molecule has 0 aliphatic carbocycles. The van der Waals surface area contributed by atoms with Gasteiger partial charge in [-0.3, -0.25) is 0 Å². The van der Waals surface area contributed by atoms with E-state index in [-0.39, 0.29) is 17.0 Å². The minimum Gasteiger partial charge on any atom is -0.466 e. The van der Waals surface area contributed by atoms with Crippen LogP contribution in [0.5, 0.6) is 0 Å². The number of dihydropyridines is 1. The Morgan fingerprint density at radius 3 is 2.72 bits per heavy atom. The van der Waals surface area contributed by atoms with Gasteiger partial charge in [0.25, 0.3) is 0 Å². The summed E-state index contributed by atoms with van der Waals surface area (Å²) in [6.07, 6.45) is -1.36. The molecule has 29 heavy (non-hydrogen) atoms. The third-order valence-electron chi connectivity index (χ3n) is 4.17. The Hall–Kier alpha value is -3.87. The molecule has 150 valence electrons. The van der Waals surface area contributed by atoms with E-state index in [1.807, 2.05) is 6.07 Å². The lowest BCUT2D eigenvalue weighted by Gasteiger charge is -2.29. The first kappa shape index (κ1) is 19.9. The van der Waals surface area contributed by atoms with Crippen LogP contribution in [0, 0.1) is 11.3 Å². The average Bonchev–Trinajstić information content (AvgIpc) is 3.16. The second kappa shape index (κ2) is 8.02. The molecule has 0 fully saturated rings. The number of nitrogens with one attached hydrogen (secondary N) is 1. The molecule has 10 heteroatoms. The van der Waals surface area contributed by atoms with E-state index in [1.165, 1.54) is 7.11 Å². The summed E-state index contributed by atoms with van der Waals surface area (Å²) in [6, 6.07) is 6.98. The van der Waals surface area contributed by atoms with E-state index in [0.717, 1.165) is 0 Å². The van der Waals surface area contributed by atoms with Crippen molar-refractivity contribution >= 4 is 23.2 Å². The smallest absolute Gasteiger partial charge is 0.466 e. The van der Waals surface area contributed by atoms with Gasteiger partial charge in [0, 0.05) is 0 Å². The second-order valence-corrected chi connectivity index (χ2v) is 6.44. The molecule has 3 rings (SSSR count). The number of carbonyl (C=O) groups is 2. The number of benzene rings is 1. The quantitative estimate of drug-likeness (QED) is 0.765. The van der Waals surface area contributed by atoms with Gasteiger partial charge in [0.05, 0.1) is 30.4 Å². The van der Waals surface area contributed by atoms with Gasteiger partial charge in [-0.05, 0) is 42.7 Å². The second-order valence-electron chi connectivity index (χ2n) is 6.44. The first-order valence-electron chi connectivity index (χ1n) is 8.67. The fourth-order valence-corrected chi connectivity index (χ4v) is 3.02. The van der Waals surface area contributed by atoms with Crippen LogP contribution < -0.4 is 5.32 Å². The van der Waals surface area contributed by atoms with Gasteiger partial charge in [0.15, 0.2) is 0 Å². The van der Waals surface area contributed by atoms with Crippen molar-refractivity contribution in [3.8, 4) is 6.07 Å². The Bertz CT molecular complexity index is 1080. The van der Waals surface area contributed by atoms with Crippen LogP contribution in [0.1, 0.15) is 32.3 Å². The van der Waals surface area contributed by atoms with E-state index in [9.17, 15) is 14.9 Å². The van der Waals surface area contributed by atoms with E-state index in [1.54, 1.807) is 39.0 Å². The maximum atomic E-state index is 12.6. The summed E-state index contributed by atoms with van der Waals surface area (Å²) >= 11 is 0. The van der Waals surface area contributed by atoms with E-state index in [0.29, 0.717) is 22.3 Å². The third-order valence-corrected chi connectivity index (χ3v) is 4.17. The van der Waals surface area contributed by atoms with Gasteiger partial charge in [0.2, 0.25) is 0 Å². The van der Waals surface area contributed by atoms with Crippen LogP contribution in [-0.4, -0.2) is 35.7 Å². The zero-order valence-electron chi connectivity index (χ0n) is 16.2. The molecule has 0 saturated carbocycles. The Morgan fingerprint density at radius 2 is 2.07 bits per heavy atom. The van der Waals surface area contributed by atoms with Crippen molar-refractivity contribution in [2.24, 2.45) is 0 Å². The number of carbonyl (C=O) groups excluding carboxylic acids is 2. The number of aromatic nitrogens is 2. The summed E-state index contributed by atoms with van der Waals surface area (Å²) in [5.41, 5.74) is 1.52. The highest BCUT2D eigenvalue weighted by Gasteiger charge is 2.39. The van der Waals surface area contributed by atoms with Gasteiger partial charge < -0.3 is 19.5 Å². The molecule has 0 bridgehead atoms. The summed E-state index contributed by atoms with van der Waals surface area (Å²) in [5, 5.41) is 20.0. The minimum absolute atomic E-state index is 0.0302. The standard InChI is InChI=1S/C19H18N4O6/c1-9(2)27-19(25)28-17-10(3)21-13(8-20)15(18(24)26-4)14(17)11-6-5-7-12-16(11)23-29-22-12/h5-7,9,14,21H,1-4H3. The molecule has 1 unspecified atom stereocenters. The monoisotopic (exact) mass is 398 g/mol. The molecule has 1 aromatic heterocycles. The number of esters is 1. The first-order valence-corrected chi connectivity index (χ1v) is 8.67. The zero-order valence-corrected chi connectivity index (χ0v) is 16.2. The molecule has 0 saturated heterocycles. The number of hydrogen-bond donors (Lipinski definition) is 1. The molecule has 2 aromatic rings. The van der Waals surface area contributed by atoms with Crippen molar-refractivity contribution in [2.45, 2.75) is 32.8 Å². The van der Waals surface area contributed by atoms with Gasteiger partial charge >= 0.3 is 12.1 Å². The number of methoxy groups -OCH3 is 1. The predicted octanol–water partition coefficient (Wildman–Crippen LogP) is 2.65. The van der Waals surface area contributed by atoms with E-state index in [4.69, 9.17) is 18.8 Å². The van der Waals surface area contributed by atoms with Crippen molar-refractivity contribution in [3.63, 3.8) is 0 Å². The molecule has 1 aliphatic heterocycles. The predicted molar refractivity (Wildman–Crippen MR) is 97.7 cm³/mol. The minimum atomic E-state index is -0.978. The lowest BCUT2D eigenvalue weighted by atomic mass is 9.84. The number of nitriles is 1. The zero-order chi connectivity index (χ0) is 21.1. The number of allylic oxidation sites excluding steroid dienone is 3. The van der Waals surface area contributed by atoms with Crippen LogP contribution in [0.4, 0.5) is 4.79 Å². The number of fused-ring (bicyclic) bond motifs is 1. The molecule has 0 spiro atoms. The Balaban J connectivity index is 2.21. The molecule has 1 N–H and O–H groups in total. The van der Waals surface area contributed by atoms with Gasteiger partial charge in [0.1, 0.15) is 28.6 Å². The van der Waals surface area contributed by atoms with Crippen molar-refractivity contribution in [2.75, 3.05) is 7.11 Å². The van der Waals surface area contributed by atoms with Gasteiger partial charge in [-0.25, -0.2) is 14.2 Å². The van der Waals surface area contributed by atoms with E-state index < -0.39 is 24.1 Å². The van der Waals surface area contributed by atoms with Gasteiger partial charge in [-0.1, -0.05) is 12.1 Å². The lowest BCUT2D eigenvalue weighted by Crippen LogP contribution is -2.31. The maximum Gasteiger partial charge on any atom is 0.513 e. The number of rotatable bonds is 4. The van der Waals surface area contributed by atoms with E-state index >= 15 is 0 Å². The number of ether oxygens (including phenoxy) is 3. The number of hydrogen-bond acceptors (Lipinski definition) is 10. The highest BCUT2D eigenvalue weighted by atomic mass is 16.7. The normalized spacial score (nSPS) is 16.5. The van der Waals surface area contributed by atoms with Crippen molar-refractivity contribution in [1.82, 2.24) is 15.6 Å². The fraction of sp³-hybridized carbons (Fsp3) is 0.316. The summed E-state index contributed by atoms with van der Waals surface area (Å²) in [4.78, 5) is 24.8. The van der Waals surface area contributed by atoms with Gasteiger partial charge in [-0.2, -0.15) is 5.26 Å². The SMILES string of the molecule is COC(=O)C1=C(C#N)NC(C)=C(OC(=O)OC(C)C)C1c1cccc2nonc12. The molecule has 2 heterocycles. The Labute approximate surface area is 165 Å². The Morgan fingerprint density at radius 1 is 1.31 bits per heavy atom. The van der Waals surface area contributed by atoms with Crippen LogP contribution in [0.25, 0.3) is 11.0 Å². The summed E-state index contributed by atoms with van der Waals surface area (Å²) < 4.78 is 20.2. The van der Waals surface area contributed by atoms with Crippen LogP contribution in [0.2, 0.25) is 0 Å². The fourth-order valence-electron chi connectivity index (χ4n) is 3.02. The maximum absolute atomic E-state index is 12.6. The highest BCUT2D eigenvalue weighted by molar-refractivity contribution is 5.95. The molecule has 0 amide bonds. The first-order chi connectivity index (χ1) is 13.9. The van der Waals surface area contributed by atoms with Crippen molar-refractivity contribution in [1.29, 1.82) is 5.26 Å². The summed E-state index contributed by atoms with van der Waals surface area (Å²) in [6.45, 7) is 4.96.